The first-order valence-corrected chi connectivity index (χ1v) is 40.2. The van der Waals surface area contributed by atoms with Crippen LogP contribution in [0.2, 0.25) is 0 Å². The largest absolute Gasteiger partial charge is 0.496 e. The zero-order valence-corrected chi connectivity index (χ0v) is 64.4. The Labute approximate surface area is 652 Å². The Balaban J connectivity index is 0.000000140. The third-order valence-electron chi connectivity index (χ3n) is 26.0. The number of ether oxygens (including phenoxy) is 2. The highest BCUT2D eigenvalue weighted by Gasteiger charge is 2.52. The molecule has 8 aliphatic carbocycles. The molecule has 112 heavy (non-hydrogen) atoms. The molecule has 4 saturated heterocycles. The van der Waals surface area contributed by atoms with E-state index in [1.54, 1.807) is 32.4 Å². The summed E-state index contributed by atoms with van der Waals surface area (Å²) in [5.74, 6) is 5.65. The number of carboxylic acid groups (broad SMARTS) is 2. The minimum atomic E-state index is -0.969. The molecule has 4 aromatic rings. The summed E-state index contributed by atoms with van der Waals surface area (Å²) >= 11 is 0. The normalized spacial score (nSPS) is 29.8. The fraction of sp³-hybridized carbons (Fsp3) is 0.639. The molecular formula is C83H109N15O14. The monoisotopic (exact) mass is 1540 g/mol. The molecule has 20 atom stereocenters. The number of aromatic amines is 2. The number of hydrogen-bond donors (Lipinski definition) is 13. The number of aromatic carboxylic acids is 1. The fourth-order valence-corrected chi connectivity index (χ4v) is 18.7. The van der Waals surface area contributed by atoms with Gasteiger partial charge in [-0.1, -0.05) is 26.0 Å². The van der Waals surface area contributed by atoms with Gasteiger partial charge in [0.1, 0.15) is 35.3 Å². The van der Waals surface area contributed by atoms with E-state index in [1.807, 2.05) is 50.2 Å². The van der Waals surface area contributed by atoms with Crippen molar-refractivity contribution in [2.24, 2.45) is 124 Å². The van der Waals surface area contributed by atoms with Gasteiger partial charge in [-0.15, -0.1) is 0 Å². The van der Waals surface area contributed by atoms with Gasteiger partial charge < -0.3 is 78.3 Å². The summed E-state index contributed by atoms with van der Waals surface area (Å²) in [4.78, 5) is 124. The Kier molecular flexibility index (Phi) is 27.7. The minimum Gasteiger partial charge on any atom is -0.496 e. The molecule has 8 saturated carbocycles. The van der Waals surface area contributed by atoms with E-state index < -0.39 is 48.1 Å². The maximum absolute atomic E-state index is 13.4. The Morgan fingerprint density at radius 2 is 0.830 bits per heavy atom. The summed E-state index contributed by atoms with van der Waals surface area (Å²) in [6, 6.07) is 19.7. The lowest BCUT2D eigenvalue weighted by molar-refractivity contribution is -0.143. The van der Waals surface area contributed by atoms with Crippen LogP contribution in [0.5, 0.6) is 11.5 Å². The molecule has 0 spiro atoms. The van der Waals surface area contributed by atoms with Crippen LogP contribution >= 0.6 is 0 Å². The number of nitrogens with one attached hydrogen (secondary N) is 9. The van der Waals surface area contributed by atoms with Crippen LogP contribution in [-0.4, -0.2) is 150 Å². The number of benzene rings is 2. The molecule has 6 heterocycles. The predicted molar refractivity (Wildman–Crippen MR) is 409 cm³/mol. The number of carbonyl (C=O) groups is 10. The van der Waals surface area contributed by atoms with Crippen molar-refractivity contribution in [2.75, 3.05) is 40.4 Å². The molecular weight excluding hydrogens is 1430 g/mol. The van der Waals surface area contributed by atoms with Crippen LogP contribution in [0.25, 0.3) is 21.8 Å². The van der Waals surface area contributed by atoms with Gasteiger partial charge in [-0.3, -0.25) is 43.2 Å². The number of carboxylic acids is 2. The third kappa shape index (κ3) is 21.4. The van der Waals surface area contributed by atoms with E-state index in [2.05, 4.69) is 65.4 Å². The van der Waals surface area contributed by atoms with Crippen molar-refractivity contribution in [3.05, 3.63) is 59.9 Å². The first-order valence-electron chi connectivity index (χ1n) is 40.2. The summed E-state index contributed by atoms with van der Waals surface area (Å²) in [7, 11) is 3.15. The Morgan fingerprint density at radius 3 is 1.20 bits per heavy atom. The third-order valence-corrected chi connectivity index (χ3v) is 26.0. The van der Waals surface area contributed by atoms with E-state index in [-0.39, 0.29) is 107 Å². The first kappa shape index (κ1) is 82.9. The van der Waals surface area contributed by atoms with Gasteiger partial charge in [-0.25, -0.2) is 4.79 Å². The number of H-pyrrole nitrogens is 2. The topological polar surface area (TPSA) is 493 Å². The van der Waals surface area contributed by atoms with Crippen molar-refractivity contribution in [1.29, 1.82) is 21.0 Å². The molecule has 2 aromatic heterocycles. The summed E-state index contributed by atoms with van der Waals surface area (Å²) in [6.45, 7) is 6.48. The lowest BCUT2D eigenvalue weighted by Gasteiger charge is -2.25. The number of fused-ring (bicyclic) bond motifs is 6. The van der Waals surface area contributed by atoms with Crippen molar-refractivity contribution in [3.8, 4) is 35.8 Å². The highest BCUT2D eigenvalue weighted by atomic mass is 16.5. The van der Waals surface area contributed by atoms with Gasteiger partial charge in [0, 0.05) is 89.9 Å². The number of carbonyl (C=O) groups excluding carboxylic acids is 8. The van der Waals surface area contributed by atoms with Gasteiger partial charge in [0.05, 0.1) is 62.2 Å². The molecule has 4 aliphatic heterocycles. The second kappa shape index (κ2) is 37.5. The Hall–Kier alpha value is -10.1. The standard InChI is InChI=1S/C26H30N4O4.C16H23N3O2.C15H22N4O2.C10H9NO3.C9H14O2.C7H11N3O/c1-34-24-4-2-3-21-20(24)11-22(30-21)23(31)12-19(17-8-15-7-16(15)9-17)26(33)29-18(13-27)10-14-5-6-28-25(14)32;1-9(11-4-12-6-13(12)5-11)15(20)19-14(8-17)7-10-2-3-18-16(10)21;16-7-12(6-8-1-2-18-14(8)20)19-15(21)13(17)11-4-9-3-10(9)5-11;1-14-9-4-2-3-7-6(9)5-8(11-7)10(12)13;1-5(9(10)11)6-2-7-4-8(7)3-6;8-4-6(9)3-5-1-2-10-7(5)11/h2-4,11,14-19,30H,5-10,12H2,1H3,(H,28,32)(H,29,33);9-14H,2-7H2,1H3,(H,18,21)(H,19,20);8-13H,1-6,17H2,(H,18,20)(H,19,21);2-5,11H,1H3,(H,12,13);5-8H,2-4H2,1H3,(H,10,11);5-6H,1-3,9H2,(H,10,11)/t14-,15?,16?,17?,18-,19?;9?,10-,11?,12?,13?,14-;8-,9?,10?,11?,12-,13?;;;5-,6-/m000..0/s1. The predicted octanol–water partition coefficient (Wildman–Crippen LogP) is 7.04. The molecule has 0 radical (unpaired) electrons. The Morgan fingerprint density at radius 1 is 0.473 bits per heavy atom. The zero-order valence-electron chi connectivity index (χ0n) is 64.4. The number of rotatable bonds is 25. The van der Waals surface area contributed by atoms with Crippen LogP contribution in [0.3, 0.4) is 0 Å². The van der Waals surface area contributed by atoms with Crippen LogP contribution in [0, 0.1) is 158 Å². The summed E-state index contributed by atoms with van der Waals surface area (Å²) < 4.78 is 10.5. The second-order valence-electron chi connectivity index (χ2n) is 33.5. The molecule has 2 aromatic carbocycles. The number of ketones is 1. The molecule has 16 rings (SSSR count). The van der Waals surface area contributed by atoms with Gasteiger partial charge in [0.15, 0.2) is 5.78 Å². The van der Waals surface area contributed by atoms with Crippen molar-refractivity contribution in [3.63, 3.8) is 0 Å². The van der Waals surface area contributed by atoms with E-state index in [0.29, 0.717) is 92.6 Å². The van der Waals surface area contributed by atoms with E-state index >= 15 is 0 Å². The van der Waals surface area contributed by atoms with E-state index in [9.17, 15) is 63.7 Å². The highest BCUT2D eigenvalue weighted by molar-refractivity contribution is 6.02. The Bertz CT molecular complexity index is 4170. The summed E-state index contributed by atoms with van der Waals surface area (Å²) in [5, 5.41) is 74.9. The van der Waals surface area contributed by atoms with Crippen LogP contribution in [-0.2, 0) is 38.4 Å². The minimum absolute atomic E-state index is 0.00780. The molecule has 600 valence electrons. The van der Waals surface area contributed by atoms with Crippen molar-refractivity contribution >= 4 is 80.9 Å². The lowest BCUT2D eigenvalue weighted by atomic mass is 9.83. The number of hydrogen-bond acceptors (Lipinski definition) is 18. The number of nitrogens with two attached hydrogens (primary N) is 2. The van der Waals surface area contributed by atoms with Gasteiger partial charge in [-0.05, 0) is 236 Å². The van der Waals surface area contributed by atoms with Gasteiger partial charge >= 0.3 is 11.9 Å². The highest BCUT2D eigenvalue weighted by Crippen LogP contribution is 2.59. The molecule has 29 nitrogen and oxygen atoms in total. The number of methoxy groups -OCH3 is 2. The number of aliphatic carboxylic acids is 1. The van der Waals surface area contributed by atoms with Crippen molar-refractivity contribution in [1.82, 2.24) is 47.2 Å². The zero-order chi connectivity index (χ0) is 80.2. The average molecular weight is 1540 g/mol. The molecule has 7 amide bonds. The van der Waals surface area contributed by atoms with Gasteiger partial charge in [0.25, 0.3) is 0 Å². The van der Waals surface area contributed by atoms with Gasteiger partial charge in [0.2, 0.25) is 41.4 Å². The molecule has 12 unspecified atom stereocenters. The average Bonchev–Trinajstić information content (AvgIpc) is 1.63. The maximum atomic E-state index is 13.4. The van der Waals surface area contributed by atoms with E-state index in [1.165, 1.54) is 51.4 Å². The van der Waals surface area contributed by atoms with Crippen LogP contribution in [0.15, 0.2) is 48.5 Å². The number of nitrogens with zero attached hydrogens (tertiary/aromatic N) is 4. The second-order valence-corrected chi connectivity index (χ2v) is 33.5. The van der Waals surface area contributed by atoms with Crippen molar-refractivity contribution < 1.29 is 67.6 Å². The fourth-order valence-electron chi connectivity index (χ4n) is 18.7. The maximum Gasteiger partial charge on any atom is 0.352 e. The smallest absolute Gasteiger partial charge is 0.352 e. The number of amides is 7. The van der Waals surface area contributed by atoms with Crippen molar-refractivity contribution in [2.45, 2.75) is 179 Å². The SMILES string of the molecule is CC(C(=O)N[C@H](C#N)C[C@@H]1CCNC1=O)C1CC2CC2C1.CC(C(=O)O)C1CC2CC2C1.COc1cccc2[nH]c(C(=O)CC(C(=O)N[C@H](C#N)C[C@@H]3CCNC3=O)C3CC4CC4C3)cc12.COc1cccc2[nH]c(C(=O)O)cc12.N#C[C@@H](N)C[C@@H]1CCNC1=O.N#C[C@H](C[C@@H]1CCNC1=O)NC(=O)C(N)C1CC2CC2C1. The van der Waals surface area contributed by atoms with Crippen LogP contribution in [0.1, 0.15) is 170 Å². The van der Waals surface area contributed by atoms with E-state index in [0.717, 1.165) is 109 Å². The number of nitriles is 4. The van der Waals surface area contributed by atoms with E-state index in [4.69, 9.17) is 36.4 Å². The van der Waals surface area contributed by atoms with Crippen LogP contribution < -0.4 is 58.2 Å². The lowest BCUT2D eigenvalue weighted by Crippen LogP contribution is -2.49. The molecule has 12 aliphatic rings. The molecule has 12 fully saturated rings. The molecule has 29 heteroatoms. The summed E-state index contributed by atoms with van der Waals surface area (Å²) in [6.07, 6.45) is 18.6. The molecule has 0 bridgehead atoms. The molecule has 15 N–H and O–H groups in total. The quantitative estimate of drug-likeness (QED) is 0.0296. The number of Topliss-reactive ketones (excluding diaryl/α,β-unsaturated/α-hetero) is 1. The van der Waals surface area contributed by atoms with Gasteiger partial charge in [-0.2, -0.15) is 21.0 Å². The summed E-state index contributed by atoms with van der Waals surface area (Å²) in [5.41, 5.74) is 13.6. The van der Waals surface area contributed by atoms with Crippen LogP contribution in [0.4, 0.5) is 0 Å². The number of aromatic nitrogens is 2. The first-order chi connectivity index (χ1) is 53.8.